The molecule has 2 heterocycles. The van der Waals surface area contributed by atoms with E-state index in [4.69, 9.17) is 32.5 Å². The first-order valence-corrected chi connectivity index (χ1v) is 13.6. The Morgan fingerprint density at radius 2 is 1.82 bits per heavy atom. The lowest BCUT2D eigenvalue weighted by atomic mass is 9.58. The molecule has 4 fully saturated rings. The average Bonchev–Trinajstić information content (AvgIpc) is 3.51. The highest BCUT2D eigenvalue weighted by Crippen LogP contribution is 2.55. The topological polar surface area (TPSA) is 90.4 Å². The van der Waals surface area contributed by atoms with Crippen LogP contribution in [0.2, 0.25) is 10.0 Å². The van der Waals surface area contributed by atoms with Crippen LogP contribution in [-0.2, 0) is 17.9 Å². The largest absolute Gasteiger partial charge is 0.478 e. The summed E-state index contributed by atoms with van der Waals surface area (Å²) in [7, 11) is 0. The molecular formula is C27H27Cl2F2N3O4. The van der Waals surface area contributed by atoms with E-state index in [-0.39, 0.29) is 17.6 Å². The van der Waals surface area contributed by atoms with Crippen LogP contribution in [0, 0.1) is 5.41 Å². The summed E-state index contributed by atoms with van der Waals surface area (Å²) in [5.74, 6) is -0.228. The van der Waals surface area contributed by atoms with Gasteiger partial charge >= 0.3 is 5.97 Å². The summed E-state index contributed by atoms with van der Waals surface area (Å²) in [5, 5.41) is 18.7. The van der Waals surface area contributed by atoms with Crippen molar-refractivity contribution in [2.75, 3.05) is 0 Å². The predicted molar refractivity (Wildman–Crippen MR) is 136 cm³/mol. The lowest BCUT2D eigenvalue weighted by Gasteiger charge is -2.53. The molecule has 4 aliphatic rings. The SMILES string of the molecule is O=C(O)c1cnn(CC23CCC(OCc4c(-c5c(Cl)cccc5Cl)noc4C4CC4)(CC2)CC3)c1C(F)F. The highest BCUT2D eigenvalue weighted by molar-refractivity contribution is 6.39. The Balaban J connectivity index is 1.19. The number of carboxylic acid groups (broad SMARTS) is 1. The van der Waals surface area contributed by atoms with Gasteiger partial charge in [-0.05, 0) is 68.9 Å². The fourth-order valence-corrected chi connectivity index (χ4v) is 6.77. The average molecular weight is 566 g/mol. The third kappa shape index (κ3) is 4.52. The standard InChI is InChI=1S/C27H27Cl2F2N3O4/c28-18-2-1-3-19(29)20(18)21-17(23(38-33-21)15-4-5-15)13-37-27-9-6-26(7-10-27,8-11-27)14-34-22(24(30)31)16(12-32-34)25(35)36/h1-3,12,15,24H,4-11,13-14H2,(H,35,36). The second-order valence-electron chi connectivity index (χ2n) is 10.9. The van der Waals surface area contributed by atoms with Gasteiger partial charge in [-0.1, -0.05) is 34.4 Å². The molecule has 202 valence electrons. The molecule has 0 spiro atoms. The molecule has 38 heavy (non-hydrogen) atoms. The summed E-state index contributed by atoms with van der Waals surface area (Å²) in [6.07, 6.45) is 4.95. The van der Waals surface area contributed by atoms with E-state index >= 15 is 0 Å². The first kappa shape index (κ1) is 25.8. The van der Waals surface area contributed by atoms with Crippen molar-refractivity contribution in [3.63, 3.8) is 0 Å². The van der Waals surface area contributed by atoms with E-state index in [1.54, 1.807) is 18.2 Å². The third-order valence-corrected chi connectivity index (χ3v) is 9.25. The normalized spacial score (nSPS) is 24.9. The van der Waals surface area contributed by atoms with Crippen molar-refractivity contribution in [2.24, 2.45) is 5.41 Å². The Kier molecular flexibility index (Phi) is 6.52. The number of carbonyl (C=O) groups is 1. The first-order valence-electron chi connectivity index (χ1n) is 12.8. The smallest absolute Gasteiger partial charge is 0.339 e. The maximum atomic E-state index is 13.7. The van der Waals surface area contributed by atoms with Gasteiger partial charge < -0.3 is 14.4 Å². The molecule has 0 saturated heterocycles. The Bertz CT molecular complexity index is 1340. The number of rotatable bonds is 9. The molecule has 7 rings (SSSR count). The Morgan fingerprint density at radius 3 is 2.39 bits per heavy atom. The van der Waals surface area contributed by atoms with Gasteiger partial charge in [0.05, 0.1) is 28.5 Å². The Hall–Kier alpha value is -2.49. The number of aromatic nitrogens is 3. The number of nitrogens with zero attached hydrogens (tertiary/aromatic N) is 3. The quantitative estimate of drug-likeness (QED) is 0.286. The van der Waals surface area contributed by atoms with Crippen LogP contribution in [0.1, 0.15) is 91.1 Å². The van der Waals surface area contributed by atoms with Gasteiger partial charge in [-0.3, -0.25) is 4.68 Å². The molecule has 3 aromatic rings. The number of ether oxygens (including phenoxy) is 1. The number of hydrogen-bond acceptors (Lipinski definition) is 5. The summed E-state index contributed by atoms with van der Waals surface area (Å²) in [6.45, 7) is 0.610. The van der Waals surface area contributed by atoms with E-state index < -0.39 is 23.7 Å². The van der Waals surface area contributed by atoms with Crippen molar-refractivity contribution in [3.8, 4) is 11.3 Å². The zero-order valence-electron chi connectivity index (χ0n) is 20.6. The van der Waals surface area contributed by atoms with Crippen molar-refractivity contribution in [1.82, 2.24) is 14.9 Å². The minimum atomic E-state index is -2.90. The first-order chi connectivity index (χ1) is 18.2. The molecular weight excluding hydrogens is 539 g/mol. The van der Waals surface area contributed by atoms with Crippen LogP contribution in [-0.4, -0.2) is 31.6 Å². The number of alkyl halides is 2. The minimum absolute atomic E-state index is 0.205. The van der Waals surface area contributed by atoms with Gasteiger partial charge in [0.25, 0.3) is 6.43 Å². The summed E-state index contributed by atoms with van der Waals surface area (Å²) in [4.78, 5) is 11.4. The summed E-state index contributed by atoms with van der Waals surface area (Å²) in [5.41, 5.74) is 0.674. The second kappa shape index (κ2) is 9.61. The zero-order valence-corrected chi connectivity index (χ0v) is 22.1. The van der Waals surface area contributed by atoms with Crippen LogP contribution < -0.4 is 0 Å². The van der Waals surface area contributed by atoms with Crippen LogP contribution in [0.3, 0.4) is 0 Å². The molecule has 4 aliphatic carbocycles. The van der Waals surface area contributed by atoms with E-state index in [1.807, 2.05) is 0 Å². The van der Waals surface area contributed by atoms with Gasteiger partial charge in [-0.25, -0.2) is 13.6 Å². The Labute approximate surface area is 228 Å². The Morgan fingerprint density at radius 1 is 1.16 bits per heavy atom. The molecule has 2 aromatic heterocycles. The number of halogens is 4. The van der Waals surface area contributed by atoms with Crippen LogP contribution in [0.25, 0.3) is 11.3 Å². The van der Waals surface area contributed by atoms with Gasteiger partial charge in [0.2, 0.25) is 0 Å². The van der Waals surface area contributed by atoms with Crippen LogP contribution in [0.15, 0.2) is 28.9 Å². The van der Waals surface area contributed by atoms with Crippen LogP contribution in [0.5, 0.6) is 0 Å². The van der Waals surface area contributed by atoms with E-state index in [0.29, 0.717) is 33.8 Å². The highest BCUT2D eigenvalue weighted by atomic mass is 35.5. The molecule has 11 heteroatoms. The number of benzene rings is 1. The maximum Gasteiger partial charge on any atom is 0.339 e. The van der Waals surface area contributed by atoms with Crippen molar-refractivity contribution < 1.29 is 27.9 Å². The molecule has 7 nitrogen and oxygen atoms in total. The number of hydrogen-bond donors (Lipinski definition) is 1. The van der Waals surface area contributed by atoms with Gasteiger partial charge in [0.15, 0.2) is 0 Å². The fourth-order valence-electron chi connectivity index (χ4n) is 6.19. The molecule has 1 aromatic carbocycles. The lowest BCUT2D eigenvalue weighted by Crippen LogP contribution is -2.49. The van der Waals surface area contributed by atoms with Crippen molar-refractivity contribution in [2.45, 2.75) is 82.5 Å². The van der Waals surface area contributed by atoms with Crippen LogP contribution >= 0.6 is 23.2 Å². The maximum absolute atomic E-state index is 13.7. The van der Waals surface area contributed by atoms with Crippen molar-refractivity contribution in [1.29, 1.82) is 0 Å². The predicted octanol–water partition coefficient (Wildman–Crippen LogP) is 7.67. The zero-order chi connectivity index (χ0) is 26.7. The van der Waals surface area contributed by atoms with Gasteiger partial charge in [-0.2, -0.15) is 5.10 Å². The van der Waals surface area contributed by atoms with Gasteiger partial charge in [-0.15, -0.1) is 0 Å². The lowest BCUT2D eigenvalue weighted by molar-refractivity contribution is -0.147. The molecule has 0 amide bonds. The molecule has 4 saturated carbocycles. The molecule has 0 aliphatic heterocycles. The summed E-state index contributed by atoms with van der Waals surface area (Å²) < 4.78 is 41.0. The molecule has 0 unspecified atom stereocenters. The van der Waals surface area contributed by atoms with E-state index in [2.05, 4.69) is 10.3 Å². The minimum Gasteiger partial charge on any atom is -0.478 e. The number of fused-ring (bicyclic) bond motifs is 3. The van der Waals surface area contributed by atoms with Gasteiger partial charge in [0, 0.05) is 23.6 Å². The third-order valence-electron chi connectivity index (χ3n) is 8.62. The number of carboxylic acids is 1. The fraction of sp³-hybridized carbons (Fsp3) is 0.519. The summed E-state index contributed by atoms with van der Waals surface area (Å²) in [6, 6.07) is 5.34. The monoisotopic (exact) mass is 565 g/mol. The van der Waals surface area contributed by atoms with Crippen molar-refractivity contribution in [3.05, 3.63) is 57.0 Å². The molecule has 0 radical (unpaired) electrons. The number of aromatic carboxylic acids is 1. The van der Waals surface area contributed by atoms with Gasteiger partial charge in [0.1, 0.15) is 22.7 Å². The van der Waals surface area contributed by atoms with E-state index in [1.165, 1.54) is 4.68 Å². The van der Waals surface area contributed by atoms with Crippen LogP contribution in [0.4, 0.5) is 8.78 Å². The van der Waals surface area contributed by atoms with E-state index in [0.717, 1.165) is 68.9 Å². The molecule has 1 N–H and O–H groups in total. The summed E-state index contributed by atoms with van der Waals surface area (Å²) >= 11 is 13.0. The second-order valence-corrected chi connectivity index (χ2v) is 11.7. The molecule has 0 atom stereocenters. The highest BCUT2D eigenvalue weighted by Gasteiger charge is 2.50. The van der Waals surface area contributed by atoms with E-state index in [9.17, 15) is 18.7 Å². The van der Waals surface area contributed by atoms with Crippen molar-refractivity contribution >= 4 is 29.2 Å². The molecule has 2 bridgehead atoms.